The van der Waals surface area contributed by atoms with Crippen LogP contribution in [-0.4, -0.2) is 28.9 Å². The van der Waals surface area contributed by atoms with Crippen molar-refractivity contribution in [2.24, 2.45) is 11.8 Å². The Morgan fingerprint density at radius 1 is 1.33 bits per heavy atom. The van der Waals surface area contributed by atoms with E-state index in [2.05, 4.69) is 21.7 Å². The Morgan fingerprint density at radius 3 is 3.00 bits per heavy atom. The second-order valence-electron chi connectivity index (χ2n) is 6.57. The molecule has 7 heteroatoms. The van der Waals surface area contributed by atoms with Crippen molar-refractivity contribution in [3.8, 4) is 0 Å². The van der Waals surface area contributed by atoms with E-state index in [0.29, 0.717) is 11.8 Å². The minimum Gasteiger partial charge on any atom is -0.248 e. The molecule has 1 saturated carbocycles. The van der Waals surface area contributed by atoms with E-state index in [-0.39, 0.29) is 11.8 Å². The summed E-state index contributed by atoms with van der Waals surface area (Å²) >= 11 is 0. The van der Waals surface area contributed by atoms with Gasteiger partial charge in [0.15, 0.2) is 0 Å². The molecule has 0 saturated heterocycles. The number of sulfonamides is 1. The van der Waals surface area contributed by atoms with E-state index in [4.69, 9.17) is 0 Å². The molecule has 2 aliphatic rings. The van der Waals surface area contributed by atoms with Gasteiger partial charge in [0.2, 0.25) is 10.0 Å². The molecule has 21 heavy (non-hydrogen) atoms. The zero-order chi connectivity index (χ0) is 14.9. The van der Waals surface area contributed by atoms with Crippen molar-refractivity contribution < 1.29 is 8.42 Å². The van der Waals surface area contributed by atoms with Crippen LogP contribution >= 0.6 is 0 Å². The second kappa shape index (κ2) is 6.04. The van der Waals surface area contributed by atoms with Crippen molar-refractivity contribution >= 4 is 10.0 Å². The van der Waals surface area contributed by atoms with E-state index in [1.165, 1.54) is 12.7 Å². The van der Waals surface area contributed by atoms with Crippen molar-refractivity contribution in [1.29, 1.82) is 0 Å². The summed E-state index contributed by atoms with van der Waals surface area (Å²) in [6.07, 6.45) is 7.69. The van der Waals surface area contributed by atoms with E-state index in [0.717, 1.165) is 44.5 Å². The molecule has 1 aromatic heterocycles. The fourth-order valence-corrected chi connectivity index (χ4v) is 5.36. The molecular weight excluding hydrogens is 288 g/mol. The first-order valence-corrected chi connectivity index (χ1v) is 9.56. The Bertz CT molecular complexity index is 584. The van der Waals surface area contributed by atoms with Gasteiger partial charge < -0.3 is 0 Å². The van der Waals surface area contributed by atoms with Crippen molar-refractivity contribution in [1.82, 2.24) is 19.5 Å². The van der Waals surface area contributed by atoms with Gasteiger partial charge in [0.25, 0.3) is 0 Å². The minimum atomic E-state index is -3.26. The minimum absolute atomic E-state index is 0.215. The third-order valence-electron chi connectivity index (χ3n) is 4.64. The fraction of sp³-hybridized carbons (Fsp3) is 0.857. The summed E-state index contributed by atoms with van der Waals surface area (Å²) in [6, 6.07) is -0.215. The lowest BCUT2D eigenvalue weighted by molar-refractivity contribution is 0.301. The van der Waals surface area contributed by atoms with E-state index in [1.54, 1.807) is 4.68 Å². The predicted molar refractivity (Wildman–Crippen MR) is 80.0 cm³/mol. The van der Waals surface area contributed by atoms with Crippen LogP contribution in [0.4, 0.5) is 0 Å². The third kappa shape index (κ3) is 3.63. The summed E-state index contributed by atoms with van der Waals surface area (Å²) in [4.78, 5) is 4.21. The fourth-order valence-electron chi connectivity index (χ4n) is 3.69. The van der Waals surface area contributed by atoms with E-state index >= 15 is 0 Å². The summed E-state index contributed by atoms with van der Waals surface area (Å²) in [7, 11) is -3.26. The highest BCUT2D eigenvalue weighted by molar-refractivity contribution is 7.89. The first-order valence-electron chi connectivity index (χ1n) is 7.91. The topological polar surface area (TPSA) is 76.9 Å². The van der Waals surface area contributed by atoms with Crippen LogP contribution in [0.5, 0.6) is 0 Å². The third-order valence-corrected chi connectivity index (χ3v) is 6.20. The number of hydrogen-bond acceptors (Lipinski definition) is 4. The summed E-state index contributed by atoms with van der Waals surface area (Å²) in [6.45, 7) is 3.05. The van der Waals surface area contributed by atoms with Gasteiger partial charge in [-0.3, -0.25) is 0 Å². The van der Waals surface area contributed by atoms with Crippen LogP contribution in [0.2, 0.25) is 0 Å². The number of nitrogens with zero attached hydrogens (tertiary/aromatic N) is 3. The molecule has 0 amide bonds. The van der Waals surface area contributed by atoms with Crippen molar-refractivity contribution in [3.05, 3.63) is 12.2 Å². The van der Waals surface area contributed by atoms with Crippen molar-refractivity contribution in [2.45, 2.75) is 58.0 Å². The molecular formula is C14H24N4O2S. The first-order chi connectivity index (χ1) is 10.0. The van der Waals surface area contributed by atoms with E-state index < -0.39 is 10.0 Å². The van der Waals surface area contributed by atoms with Gasteiger partial charge in [0, 0.05) is 6.54 Å². The van der Waals surface area contributed by atoms with Gasteiger partial charge in [-0.25, -0.2) is 22.8 Å². The van der Waals surface area contributed by atoms with Gasteiger partial charge >= 0.3 is 0 Å². The number of aromatic nitrogens is 3. The number of hydrogen-bond donors (Lipinski definition) is 1. The first kappa shape index (κ1) is 15.0. The molecule has 3 rings (SSSR count). The second-order valence-corrected chi connectivity index (χ2v) is 8.37. The summed E-state index contributed by atoms with van der Waals surface area (Å²) in [5.74, 6) is 1.95. The average Bonchev–Trinajstić information content (AvgIpc) is 2.87. The summed E-state index contributed by atoms with van der Waals surface area (Å²) < 4.78 is 29.5. The predicted octanol–water partition coefficient (Wildman–Crippen LogP) is 1.86. The molecule has 0 radical (unpaired) electrons. The molecule has 1 aliphatic heterocycles. The number of nitrogens with one attached hydrogen (secondary N) is 1. The normalized spacial score (nSPS) is 30.0. The zero-order valence-electron chi connectivity index (χ0n) is 12.5. The van der Waals surface area contributed by atoms with Crippen LogP contribution in [0.1, 0.15) is 57.3 Å². The molecule has 0 spiro atoms. The Kier molecular flexibility index (Phi) is 4.31. The molecule has 0 bridgehead atoms. The Balaban J connectivity index is 1.64. The van der Waals surface area contributed by atoms with Gasteiger partial charge in [-0.05, 0) is 37.5 Å². The van der Waals surface area contributed by atoms with Crippen LogP contribution in [0.3, 0.4) is 0 Å². The molecule has 1 aromatic rings. The summed E-state index contributed by atoms with van der Waals surface area (Å²) in [5, 5.41) is 4.13. The van der Waals surface area contributed by atoms with Crippen LogP contribution in [-0.2, 0) is 16.6 Å². The summed E-state index contributed by atoms with van der Waals surface area (Å²) in [5.41, 5.74) is 0. The number of aryl methyl sites for hydroxylation is 1. The molecule has 1 N–H and O–H groups in total. The lowest BCUT2D eigenvalue weighted by Crippen LogP contribution is -2.37. The largest absolute Gasteiger partial charge is 0.248 e. The Hall–Kier alpha value is -0.950. The smallest absolute Gasteiger partial charge is 0.212 e. The molecule has 3 unspecified atom stereocenters. The van der Waals surface area contributed by atoms with Gasteiger partial charge in [0.1, 0.15) is 12.2 Å². The molecule has 3 atom stereocenters. The molecule has 2 heterocycles. The van der Waals surface area contributed by atoms with E-state index in [9.17, 15) is 8.42 Å². The maximum absolute atomic E-state index is 12.4. The molecule has 1 aliphatic carbocycles. The van der Waals surface area contributed by atoms with Crippen LogP contribution in [0.15, 0.2) is 6.33 Å². The van der Waals surface area contributed by atoms with Gasteiger partial charge in [-0.2, -0.15) is 5.10 Å². The molecule has 1 fully saturated rings. The lowest BCUT2D eigenvalue weighted by Gasteiger charge is -2.28. The van der Waals surface area contributed by atoms with Crippen molar-refractivity contribution in [2.75, 3.05) is 5.75 Å². The lowest BCUT2D eigenvalue weighted by atomic mass is 9.83. The van der Waals surface area contributed by atoms with Crippen LogP contribution in [0.25, 0.3) is 0 Å². The Labute approximate surface area is 126 Å². The monoisotopic (exact) mass is 312 g/mol. The van der Waals surface area contributed by atoms with E-state index in [1.807, 2.05) is 0 Å². The average molecular weight is 312 g/mol. The van der Waals surface area contributed by atoms with Gasteiger partial charge in [-0.1, -0.05) is 19.8 Å². The van der Waals surface area contributed by atoms with Crippen LogP contribution < -0.4 is 4.72 Å². The molecule has 0 aromatic carbocycles. The zero-order valence-corrected chi connectivity index (χ0v) is 13.3. The quantitative estimate of drug-likeness (QED) is 0.920. The standard InChI is InChI=1S/C14H24N4O2S/c1-11-4-2-5-12(8-11)9-21(19,20)17-13-6-3-7-18-14(13)15-10-16-18/h10-13,17H,2-9H2,1H3. The highest BCUT2D eigenvalue weighted by Crippen LogP contribution is 2.30. The Morgan fingerprint density at radius 2 is 2.19 bits per heavy atom. The van der Waals surface area contributed by atoms with Crippen molar-refractivity contribution in [3.63, 3.8) is 0 Å². The van der Waals surface area contributed by atoms with Gasteiger partial charge in [0.05, 0.1) is 11.8 Å². The maximum atomic E-state index is 12.4. The maximum Gasteiger partial charge on any atom is 0.212 e. The number of fused-ring (bicyclic) bond motifs is 1. The number of rotatable bonds is 4. The van der Waals surface area contributed by atoms with Gasteiger partial charge in [-0.15, -0.1) is 0 Å². The molecule has 118 valence electrons. The SMILES string of the molecule is CC1CCCC(CS(=O)(=O)NC2CCCn3ncnc32)C1. The highest BCUT2D eigenvalue weighted by atomic mass is 32.2. The molecule has 6 nitrogen and oxygen atoms in total. The van der Waals surface area contributed by atoms with Crippen LogP contribution in [0, 0.1) is 11.8 Å². The highest BCUT2D eigenvalue weighted by Gasteiger charge is 2.29.